The number of rotatable bonds is 3. The Morgan fingerprint density at radius 1 is 1.41 bits per heavy atom. The molecule has 98 valence electrons. The fourth-order valence-electron chi connectivity index (χ4n) is 1.84. The van der Waals surface area contributed by atoms with Gasteiger partial charge in [0, 0.05) is 6.42 Å². The maximum Gasteiger partial charge on any atom is 0.408 e. The van der Waals surface area contributed by atoms with Gasteiger partial charge in [-0.1, -0.05) is 20.8 Å². The maximum atomic E-state index is 11.6. The molecule has 0 aromatic rings. The number of ether oxygens (including phenoxy) is 2. The van der Waals surface area contributed by atoms with Crippen LogP contribution in [0.5, 0.6) is 0 Å². The van der Waals surface area contributed by atoms with Gasteiger partial charge < -0.3 is 14.8 Å². The number of ketones is 1. The minimum absolute atomic E-state index is 0.0721. The quantitative estimate of drug-likeness (QED) is 0.816. The van der Waals surface area contributed by atoms with Gasteiger partial charge in [0.2, 0.25) is 0 Å². The maximum absolute atomic E-state index is 11.6. The molecule has 17 heavy (non-hydrogen) atoms. The monoisotopic (exact) mass is 243 g/mol. The third-order valence-corrected chi connectivity index (χ3v) is 2.70. The van der Waals surface area contributed by atoms with Gasteiger partial charge in [-0.25, -0.2) is 4.79 Å². The third kappa shape index (κ3) is 4.34. The van der Waals surface area contributed by atoms with E-state index in [1.54, 1.807) is 0 Å². The van der Waals surface area contributed by atoms with E-state index in [4.69, 9.17) is 9.47 Å². The summed E-state index contributed by atoms with van der Waals surface area (Å²) in [6.07, 6.45) is -0.0218. The molecule has 1 aliphatic heterocycles. The molecule has 0 aromatic carbocycles. The summed E-state index contributed by atoms with van der Waals surface area (Å²) in [6, 6.07) is -0.530. The van der Waals surface area contributed by atoms with Gasteiger partial charge in [0.15, 0.2) is 5.78 Å². The van der Waals surface area contributed by atoms with Crippen LogP contribution in [0.4, 0.5) is 4.79 Å². The highest BCUT2D eigenvalue weighted by molar-refractivity contribution is 5.86. The van der Waals surface area contributed by atoms with Gasteiger partial charge in [-0.15, -0.1) is 0 Å². The molecule has 1 amide bonds. The summed E-state index contributed by atoms with van der Waals surface area (Å²) in [6.45, 7) is 8.23. The predicted octanol–water partition coefficient (Wildman–Crippen LogP) is 1.51. The Balaban J connectivity index is 2.49. The summed E-state index contributed by atoms with van der Waals surface area (Å²) in [5.41, 5.74) is -0.322. The van der Waals surface area contributed by atoms with Crippen LogP contribution < -0.4 is 5.32 Å². The number of hydrogen-bond donors (Lipinski definition) is 1. The molecule has 1 N–H and O–H groups in total. The van der Waals surface area contributed by atoms with Crippen molar-refractivity contribution in [3.8, 4) is 0 Å². The van der Waals surface area contributed by atoms with Crippen molar-refractivity contribution in [1.29, 1.82) is 0 Å². The molecule has 1 fully saturated rings. The van der Waals surface area contributed by atoms with Crippen LogP contribution in [0.3, 0.4) is 0 Å². The number of carbonyl (C=O) groups is 2. The van der Waals surface area contributed by atoms with Crippen molar-refractivity contribution in [2.24, 2.45) is 5.41 Å². The minimum atomic E-state index is -0.546. The van der Waals surface area contributed by atoms with Crippen LogP contribution in [0.25, 0.3) is 0 Å². The Bertz CT molecular complexity index is 289. The summed E-state index contributed by atoms with van der Waals surface area (Å²) in [5.74, 6) is -0.0721. The highest BCUT2D eigenvalue weighted by atomic mass is 16.6. The zero-order valence-electron chi connectivity index (χ0n) is 10.9. The number of nitrogens with one attached hydrogen (secondary N) is 1. The summed E-state index contributed by atoms with van der Waals surface area (Å²) in [5, 5.41) is 2.62. The van der Waals surface area contributed by atoms with E-state index in [0.29, 0.717) is 19.6 Å². The van der Waals surface area contributed by atoms with Crippen LogP contribution in [0.2, 0.25) is 0 Å². The van der Waals surface area contributed by atoms with E-state index in [9.17, 15) is 9.59 Å². The lowest BCUT2D eigenvalue weighted by Crippen LogP contribution is -2.49. The first-order valence-corrected chi connectivity index (χ1v) is 5.86. The van der Waals surface area contributed by atoms with E-state index in [1.807, 2.05) is 20.8 Å². The average Bonchev–Trinajstić information content (AvgIpc) is 2.64. The number of Topliss-reactive ketones (excluding diaryl/α,β-unsaturated/α-hetero) is 1. The van der Waals surface area contributed by atoms with E-state index in [0.717, 1.165) is 0 Å². The molecule has 5 nitrogen and oxygen atoms in total. The van der Waals surface area contributed by atoms with E-state index >= 15 is 0 Å². The van der Waals surface area contributed by atoms with Crippen LogP contribution in [0, 0.1) is 5.41 Å². The molecule has 0 aromatic heterocycles. The van der Waals surface area contributed by atoms with E-state index in [2.05, 4.69) is 5.32 Å². The first-order valence-electron chi connectivity index (χ1n) is 5.86. The third-order valence-electron chi connectivity index (χ3n) is 2.70. The molecule has 0 saturated carbocycles. The lowest BCUT2D eigenvalue weighted by molar-refractivity contribution is -0.121. The second-order valence-electron chi connectivity index (χ2n) is 5.44. The van der Waals surface area contributed by atoms with E-state index in [-0.39, 0.29) is 17.3 Å². The van der Waals surface area contributed by atoms with Crippen molar-refractivity contribution in [3.05, 3.63) is 0 Å². The zero-order valence-corrected chi connectivity index (χ0v) is 10.9. The molecule has 0 spiro atoms. The molecule has 0 aliphatic carbocycles. The topological polar surface area (TPSA) is 64.6 Å². The fraction of sp³-hybridized carbons (Fsp3) is 0.833. The van der Waals surface area contributed by atoms with Crippen LogP contribution >= 0.6 is 0 Å². The summed E-state index contributed by atoms with van der Waals surface area (Å²) in [4.78, 5) is 23.1. The van der Waals surface area contributed by atoms with Crippen molar-refractivity contribution in [2.45, 2.75) is 46.3 Å². The SMILES string of the molecule is CC(=O)C(NC(=O)OC1CCOC1)C(C)(C)C. The van der Waals surface area contributed by atoms with Crippen molar-refractivity contribution in [2.75, 3.05) is 13.2 Å². The summed E-state index contributed by atoms with van der Waals surface area (Å²) < 4.78 is 10.3. The molecule has 2 atom stereocenters. The molecule has 0 radical (unpaired) electrons. The standard InChI is InChI=1S/C12H21NO4/c1-8(14)10(12(2,3)4)13-11(15)17-9-5-6-16-7-9/h9-10H,5-7H2,1-4H3,(H,13,15). The number of amides is 1. The highest BCUT2D eigenvalue weighted by Gasteiger charge is 2.31. The summed E-state index contributed by atoms with van der Waals surface area (Å²) in [7, 11) is 0. The first kappa shape index (κ1) is 14.0. The van der Waals surface area contributed by atoms with Gasteiger partial charge in [-0.2, -0.15) is 0 Å². The first-order chi connectivity index (χ1) is 7.80. The summed E-state index contributed by atoms with van der Waals surface area (Å²) >= 11 is 0. The van der Waals surface area contributed by atoms with Gasteiger partial charge in [-0.3, -0.25) is 4.79 Å². The minimum Gasteiger partial charge on any atom is -0.444 e. The lowest BCUT2D eigenvalue weighted by atomic mass is 9.85. The van der Waals surface area contributed by atoms with E-state index in [1.165, 1.54) is 6.92 Å². The van der Waals surface area contributed by atoms with Gasteiger partial charge >= 0.3 is 6.09 Å². The molecular weight excluding hydrogens is 222 g/mol. The van der Waals surface area contributed by atoms with Crippen molar-refractivity contribution < 1.29 is 19.1 Å². The molecule has 1 heterocycles. The normalized spacial score (nSPS) is 22.0. The van der Waals surface area contributed by atoms with Crippen molar-refractivity contribution in [3.63, 3.8) is 0 Å². The zero-order chi connectivity index (χ0) is 13.1. The molecule has 1 rings (SSSR count). The predicted molar refractivity (Wildman–Crippen MR) is 62.8 cm³/mol. The Kier molecular flexibility index (Phi) is 4.51. The lowest BCUT2D eigenvalue weighted by Gasteiger charge is -2.29. The van der Waals surface area contributed by atoms with Gasteiger partial charge in [0.05, 0.1) is 19.3 Å². The van der Waals surface area contributed by atoms with Gasteiger partial charge in [0.25, 0.3) is 0 Å². The molecule has 2 unspecified atom stereocenters. The average molecular weight is 243 g/mol. The largest absolute Gasteiger partial charge is 0.444 e. The highest BCUT2D eigenvalue weighted by Crippen LogP contribution is 2.20. The number of carbonyl (C=O) groups excluding carboxylic acids is 2. The van der Waals surface area contributed by atoms with Crippen LogP contribution in [0.15, 0.2) is 0 Å². The second-order valence-corrected chi connectivity index (χ2v) is 5.44. The van der Waals surface area contributed by atoms with Crippen LogP contribution in [0.1, 0.15) is 34.1 Å². The smallest absolute Gasteiger partial charge is 0.408 e. The van der Waals surface area contributed by atoms with Gasteiger partial charge in [0.1, 0.15) is 6.10 Å². The van der Waals surface area contributed by atoms with E-state index < -0.39 is 12.1 Å². The number of alkyl carbamates (subject to hydrolysis) is 1. The van der Waals surface area contributed by atoms with Crippen LogP contribution in [-0.4, -0.2) is 37.2 Å². The van der Waals surface area contributed by atoms with Gasteiger partial charge in [-0.05, 0) is 12.3 Å². The van der Waals surface area contributed by atoms with Crippen molar-refractivity contribution >= 4 is 11.9 Å². The number of hydrogen-bond acceptors (Lipinski definition) is 4. The fourth-order valence-corrected chi connectivity index (χ4v) is 1.84. The Morgan fingerprint density at radius 3 is 2.47 bits per heavy atom. The Morgan fingerprint density at radius 2 is 2.06 bits per heavy atom. The Hall–Kier alpha value is -1.10. The molecule has 5 heteroatoms. The molecule has 0 bridgehead atoms. The Labute approximate surface area is 102 Å². The molecule has 1 aliphatic rings. The molecular formula is C12H21NO4. The van der Waals surface area contributed by atoms with Crippen LogP contribution in [-0.2, 0) is 14.3 Å². The molecule has 1 saturated heterocycles. The van der Waals surface area contributed by atoms with Crippen molar-refractivity contribution in [1.82, 2.24) is 5.32 Å². The second kappa shape index (κ2) is 5.49.